The van der Waals surface area contributed by atoms with Crippen molar-refractivity contribution in [3.05, 3.63) is 45.1 Å². The second-order valence-electron chi connectivity index (χ2n) is 6.60. The van der Waals surface area contributed by atoms with E-state index in [9.17, 15) is 4.79 Å². The molecule has 0 aliphatic carbocycles. The molecule has 1 aliphatic rings. The highest BCUT2D eigenvalue weighted by molar-refractivity contribution is 9.10. The highest BCUT2D eigenvalue weighted by atomic mass is 79.9. The van der Waals surface area contributed by atoms with Crippen LogP contribution in [0.15, 0.2) is 32.6 Å². The molecule has 27 heavy (non-hydrogen) atoms. The molecule has 8 heteroatoms. The van der Waals surface area contributed by atoms with Crippen LogP contribution in [0.25, 0.3) is 10.7 Å². The Morgan fingerprint density at radius 1 is 1.44 bits per heavy atom. The highest BCUT2D eigenvalue weighted by Crippen LogP contribution is 2.37. The van der Waals surface area contributed by atoms with Crippen LogP contribution in [-0.4, -0.2) is 22.6 Å². The van der Waals surface area contributed by atoms with E-state index in [1.807, 2.05) is 23.6 Å². The number of benzene rings is 1. The number of fused-ring (bicyclic) bond motifs is 1. The van der Waals surface area contributed by atoms with Crippen LogP contribution in [0.5, 0.6) is 0 Å². The minimum atomic E-state index is -0.0539. The smallest absolute Gasteiger partial charge is 0.246 e. The second-order valence-corrected chi connectivity index (χ2v) is 8.43. The van der Waals surface area contributed by atoms with E-state index in [0.717, 1.165) is 40.1 Å². The molecule has 0 fully saturated rings. The molecule has 0 radical (unpaired) electrons. The molecule has 4 rings (SSSR count). The third kappa shape index (κ3) is 3.77. The van der Waals surface area contributed by atoms with Crippen molar-refractivity contribution in [1.29, 1.82) is 0 Å². The lowest BCUT2D eigenvalue weighted by atomic mass is 9.96. The minimum Gasteiger partial charge on any atom is -0.362 e. The summed E-state index contributed by atoms with van der Waals surface area (Å²) in [5, 5.41) is 9.07. The highest BCUT2D eigenvalue weighted by Gasteiger charge is 2.24. The predicted octanol–water partition coefficient (Wildman–Crippen LogP) is 4.78. The third-order valence-corrected chi connectivity index (χ3v) is 6.24. The summed E-state index contributed by atoms with van der Waals surface area (Å²) in [7, 11) is 0. The summed E-state index contributed by atoms with van der Waals surface area (Å²) < 4.78 is 6.51. The van der Waals surface area contributed by atoms with E-state index in [1.165, 1.54) is 18.1 Å². The number of nitrogens with one attached hydrogen (secondary N) is 1. The van der Waals surface area contributed by atoms with Crippen LogP contribution in [0.3, 0.4) is 0 Å². The monoisotopic (exact) mass is 446 g/mol. The van der Waals surface area contributed by atoms with Gasteiger partial charge in [-0.2, -0.15) is 4.98 Å². The molecule has 0 spiro atoms. The van der Waals surface area contributed by atoms with Gasteiger partial charge >= 0.3 is 0 Å². The summed E-state index contributed by atoms with van der Waals surface area (Å²) in [6.45, 7) is 5.10. The standard InChI is InChI=1S/C19H19BrN4O2S/c1-11-5-6-15(21-12(2)25)14-4-3-7-24(18(11)14)9-17-22-19(23-26-17)16-8-13(20)10-27-16/h5-6,8,10H,3-4,7,9H2,1-2H3,(H,21,25). The molecule has 0 bridgehead atoms. The van der Waals surface area contributed by atoms with Gasteiger partial charge in [0.1, 0.15) is 0 Å². The number of thiophene rings is 1. The molecule has 6 nitrogen and oxygen atoms in total. The maximum Gasteiger partial charge on any atom is 0.246 e. The quantitative estimate of drug-likeness (QED) is 0.623. The van der Waals surface area contributed by atoms with Gasteiger partial charge in [0.15, 0.2) is 0 Å². The zero-order valence-electron chi connectivity index (χ0n) is 15.1. The molecular formula is C19H19BrN4O2S. The van der Waals surface area contributed by atoms with Gasteiger partial charge in [0.2, 0.25) is 17.6 Å². The number of aryl methyl sites for hydroxylation is 1. The van der Waals surface area contributed by atoms with Gasteiger partial charge in [0, 0.05) is 34.7 Å². The summed E-state index contributed by atoms with van der Waals surface area (Å²) in [6, 6.07) is 6.02. The van der Waals surface area contributed by atoms with Crippen LogP contribution in [-0.2, 0) is 17.8 Å². The summed E-state index contributed by atoms with van der Waals surface area (Å²) in [6.07, 6.45) is 1.96. The Bertz CT molecular complexity index is 998. The van der Waals surface area contributed by atoms with Crippen molar-refractivity contribution in [1.82, 2.24) is 10.1 Å². The number of halogens is 1. The van der Waals surface area contributed by atoms with Crippen molar-refractivity contribution in [2.45, 2.75) is 33.2 Å². The number of aromatic nitrogens is 2. The van der Waals surface area contributed by atoms with Crippen LogP contribution in [0.1, 0.15) is 30.4 Å². The SMILES string of the molecule is CC(=O)Nc1ccc(C)c2c1CCCN2Cc1nc(-c2cc(Br)cs2)no1. The van der Waals surface area contributed by atoms with E-state index in [-0.39, 0.29) is 5.91 Å². The third-order valence-electron chi connectivity index (χ3n) is 4.55. The van der Waals surface area contributed by atoms with E-state index >= 15 is 0 Å². The van der Waals surface area contributed by atoms with Gasteiger partial charge in [-0.3, -0.25) is 4.79 Å². The zero-order valence-corrected chi connectivity index (χ0v) is 17.5. The number of carbonyl (C=O) groups excluding carboxylic acids is 1. The van der Waals surface area contributed by atoms with Crippen molar-refractivity contribution in [3.63, 3.8) is 0 Å². The first-order valence-electron chi connectivity index (χ1n) is 8.73. The Balaban J connectivity index is 1.62. The molecule has 1 N–H and O–H groups in total. The van der Waals surface area contributed by atoms with E-state index in [2.05, 4.69) is 43.2 Å². The van der Waals surface area contributed by atoms with Gasteiger partial charge in [0.25, 0.3) is 0 Å². The first-order chi connectivity index (χ1) is 13.0. The Morgan fingerprint density at radius 3 is 3.04 bits per heavy atom. The number of hydrogen-bond donors (Lipinski definition) is 1. The van der Waals surface area contributed by atoms with Crippen molar-refractivity contribution < 1.29 is 9.32 Å². The first kappa shape index (κ1) is 18.2. The molecule has 0 saturated heterocycles. The maximum atomic E-state index is 11.5. The molecule has 2 aromatic heterocycles. The molecule has 1 aromatic carbocycles. The average molecular weight is 447 g/mol. The average Bonchev–Trinajstić information content (AvgIpc) is 3.26. The van der Waals surface area contributed by atoms with Crippen molar-refractivity contribution in [3.8, 4) is 10.7 Å². The van der Waals surface area contributed by atoms with Crippen LogP contribution in [0.2, 0.25) is 0 Å². The largest absolute Gasteiger partial charge is 0.362 e. The molecule has 0 unspecified atom stereocenters. The fraction of sp³-hybridized carbons (Fsp3) is 0.316. The molecule has 140 valence electrons. The topological polar surface area (TPSA) is 71.3 Å². The van der Waals surface area contributed by atoms with Gasteiger partial charge in [-0.1, -0.05) is 11.2 Å². The normalized spacial score (nSPS) is 13.5. The number of carbonyl (C=O) groups is 1. The molecular weight excluding hydrogens is 428 g/mol. The van der Waals surface area contributed by atoms with Crippen molar-refractivity contribution in [2.75, 3.05) is 16.8 Å². The summed E-state index contributed by atoms with van der Waals surface area (Å²) >= 11 is 5.03. The van der Waals surface area contributed by atoms with Gasteiger partial charge in [-0.05, 0) is 59.0 Å². The number of hydrogen-bond acceptors (Lipinski definition) is 6. The van der Waals surface area contributed by atoms with E-state index < -0.39 is 0 Å². The Morgan fingerprint density at radius 2 is 2.30 bits per heavy atom. The number of nitrogens with zero attached hydrogens (tertiary/aromatic N) is 3. The molecule has 3 aromatic rings. The number of anilines is 2. The van der Waals surface area contributed by atoms with Gasteiger partial charge < -0.3 is 14.7 Å². The number of amides is 1. The van der Waals surface area contributed by atoms with Gasteiger partial charge in [-0.25, -0.2) is 0 Å². The number of rotatable bonds is 4. The molecule has 1 aliphatic heterocycles. The Hall–Kier alpha value is -2.19. The molecule has 1 amide bonds. The first-order valence-corrected chi connectivity index (χ1v) is 10.4. The van der Waals surface area contributed by atoms with Crippen molar-refractivity contribution >= 4 is 44.5 Å². The van der Waals surface area contributed by atoms with Crippen LogP contribution in [0, 0.1) is 6.92 Å². The lowest BCUT2D eigenvalue weighted by Gasteiger charge is -2.33. The molecule has 0 saturated carbocycles. The Kier molecular flexibility index (Phi) is 5.01. The minimum absolute atomic E-state index is 0.0539. The molecule has 3 heterocycles. The predicted molar refractivity (Wildman–Crippen MR) is 110 cm³/mol. The van der Waals surface area contributed by atoms with Gasteiger partial charge in [0.05, 0.1) is 11.4 Å². The van der Waals surface area contributed by atoms with Crippen LogP contribution < -0.4 is 10.2 Å². The van der Waals surface area contributed by atoms with Crippen LogP contribution >= 0.6 is 27.3 Å². The summed E-state index contributed by atoms with van der Waals surface area (Å²) in [4.78, 5) is 19.3. The van der Waals surface area contributed by atoms with E-state index in [4.69, 9.17) is 4.52 Å². The summed E-state index contributed by atoms with van der Waals surface area (Å²) in [5.41, 5.74) is 4.41. The lowest BCUT2D eigenvalue weighted by molar-refractivity contribution is -0.114. The van der Waals surface area contributed by atoms with E-state index in [0.29, 0.717) is 18.3 Å². The maximum absolute atomic E-state index is 11.5. The zero-order chi connectivity index (χ0) is 19.0. The fourth-order valence-electron chi connectivity index (χ4n) is 3.48. The van der Waals surface area contributed by atoms with Crippen molar-refractivity contribution in [2.24, 2.45) is 0 Å². The fourth-order valence-corrected chi connectivity index (χ4v) is 4.83. The van der Waals surface area contributed by atoms with E-state index in [1.54, 1.807) is 11.3 Å². The van der Waals surface area contributed by atoms with Gasteiger partial charge in [-0.15, -0.1) is 11.3 Å². The molecule has 0 atom stereocenters. The van der Waals surface area contributed by atoms with Crippen LogP contribution in [0.4, 0.5) is 11.4 Å². The second kappa shape index (κ2) is 7.44. The summed E-state index contributed by atoms with van der Waals surface area (Å²) in [5.74, 6) is 1.15. The lowest BCUT2D eigenvalue weighted by Crippen LogP contribution is -2.30. The Labute approximate surface area is 169 Å².